The van der Waals surface area contributed by atoms with Crippen LogP contribution in [-0.4, -0.2) is 15.7 Å². The Bertz CT molecular complexity index is 1100. The number of imidazole rings is 1. The number of allylic oxidation sites excluding steroid dienone is 1. The molecular formula is C25H32ClN3O2. The fraction of sp³-hybridized carbons (Fsp3) is 0.400. The number of aromatic nitrogens is 2. The highest BCUT2D eigenvalue weighted by molar-refractivity contribution is 5.85. The van der Waals surface area contributed by atoms with Crippen molar-refractivity contribution in [2.45, 2.75) is 45.3 Å². The fourth-order valence-corrected chi connectivity index (χ4v) is 4.13. The standard InChI is InChI=1S/C25H31N3O2.ClH/c1-27-23-13-10-21(16-24(23)28(2)25(27)29)18-30-22-11-8-20(9-12-22)17-26-15-14-19-6-4-3-5-7-19;/h6,8-13,16,26H,3-5,7,14-15,17-18H2,1-2H3;1H. The van der Waals surface area contributed by atoms with Gasteiger partial charge in [0.15, 0.2) is 0 Å². The molecule has 0 radical (unpaired) electrons. The topological polar surface area (TPSA) is 48.2 Å². The van der Waals surface area contributed by atoms with Gasteiger partial charge in [-0.25, -0.2) is 4.79 Å². The van der Waals surface area contributed by atoms with E-state index in [0.717, 1.165) is 35.4 Å². The summed E-state index contributed by atoms with van der Waals surface area (Å²) in [5.74, 6) is 0.855. The summed E-state index contributed by atoms with van der Waals surface area (Å²) in [4.78, 5) is 12.1. The van der Waals surface area contributed by atoms with Gasteiger partial charge >= 0.3 is 5.69 Å². The first kappa shape index (κ1) is 23.2. The lowest BCUT2D eigenvalue weighted by molar-refractivity contribution is 0.306. The number of hydrogen-bond donors (Lipinski definition) is 1. The van der Waals surface area contributed by atoms with Crippen molar-refractivity contribution in [1.29, 1.82) is 0 Å². The van der Waals surface area contributed by atoms with Crippen molar-refractivity contribution in [3.05, 3.63) is 75.7 Å². The zero-order valence-corrected chi connectivity index (χ0v) is 19.2. The van der Waals surface area contributed by atoms with Crippen LogP contribution in [0.2, 0.25) is 0 Å². The van der Waals surface area contributed by atoms with E-state index in [1.54, 1.807) is 28.8 Å². The van der Waals surface area contributed by atoms with Crippen molar-refractivity contribution in [1.82, 2.24) is 14.5 Å². The summed E-state index contributed by atoms with van der Waals surface area (Å²) in [5.41, 5.74) is 5.78. The summed E-state index contributed by atoms with van der Waals surface area (Å²) in [6.45, 7) is 2.40. The highest BCUT2D eigenvalue weighted by atomic mass is 35.5. The summed E-state index contributed by atoms with van der Waals surface area (Å²) in [6.07, 6.45) is 8.83. The molecule has 1 heterocycles. The third-order valence-electron chi connectivity index (χ3n) is 6.00. The predicted molar refractivity (Wildman–Crippen MR) is 129 cm³/mol. The number of aryl methyl sites for hydroxylation is 2. The molecule has 0 aliphatic heterocycles. The first-order valence-corrected chi connectivity index (χ1v) is 10.9. The van der Waals surface area contributed by atoms with Crippen molar-refractivity contribution >= 4 is 23.4 Å². The minimum Gasteiger partial charge on any atom is -0.489 e. The highest BCUT2D eigenvalue weighted by Gasteiger charge is 2.08. The molecule has 0 spiro atoms. The SMILES string of the molecule is Cl.Cn1c(=O)n(C)c2cc(COc3ccc(CNCCC4=CCCCC4)cc3)ccc21. The van der Waals surface area contributed by atoms with Gasteiger partial charge in [-0.2, -0.15) is 0 Å². The molecule has 1 aliphatic rings. The smallest absolute Gasteiger partial charge is 0.328 e. The normalized spacial score (nSPS) is 13.7. The van der Waals surface area contributed by atoms with Crippen LogP contribution in [0.1, 0.15) is 43.2 Å². The second kappa shape index (κ2) is 10.7. The van der Waals surface area contributed by atoms with Crippen LogP contribution in [0.5, 0.6) is 5.75 Å². The minimum atomic E-state index is -0.0114. The van der Waals surface area contributed by atoms with Crippen LogP contribution >= 0.6 is 12.4 Å². The van der Waals surface area contributed by atoms with Gasteiger partial charge in [-0.1, -0.05) is 29.8 Å². The maximum atomic E-state index is 12.1. The Morgan fingerprint density at radius 3 is 2.45 bits per heavy atom. The van der Waals surface area contributed by atoms with E-state index in [9.17, 15) is 4.79 Å². The van der Waals surface area contributed by atoms with Crippen LogP contribution in [0.15, 0.2) is 58.9 Å². The lowest BCUT2D eigenvalue weighted by Crippen LogP contribution is -2.19. The number of ether oxygens (including phenoxy) is 1. The van der Waals surface area contributed by atoms with E-state index in [1.807, 2.05) is 30.3 Å². The summed E-state index contributed by atoms with van der Waals surface area (Å²) in [5, 5.41) is 3.54. The van der Waals surface area contributed by atoms with Crippen molar-refractivity contribution in [2.24, 2.45) is 14.1 Å². The average Bonchev–Trinajstić information content (AvgIpc) is 3.00. The molecule has 2 aromatic carbocycles. The number of nitrogens with one attached hydrogen (secondary N) is 1. The Labute approximate surface area is 190 Å². The summed E-state index contributed by atoms with van der Waals surface area (Å²) in [6, 6.07) is 14.3. The van der Waals surface area contributed by atoms with Gasteiger partial charge in [0.05, 0.1) is 11.0 Å². The molecule has 0 bridgehead atoms. The molecule has 1 aliphatic carbocycles. The second-order valence-electron chi connectivity index (χ2n) is 8.19. The Morgan fingerprint density at radius 2 is 1.71 bits per heavy atom. The van der Waals surface area contributed by atoms with Crippen LogP contribution in [0.3, 0.4) is 0 Å². The zero-order chi connectivity index (χ0) is 20.9. The Hall–Kier alpha value is -2.50. The van der Waals surface area contributed by atoms with E-state index in [4.69, 9.17) is 4.74 Å². The molecule has 1 aromatic heterocycles. The highest BCUT2D eigenvalue weighted by Crippen LogP contribution is 2.20. The molecule has 3 aromatic rings. The van der Waals surface area contributed by atoms with E-state index in [2.05, 4.69) is 23.5 Å². The molecule has 166 valence electrons. The van der Waals surface area contributed by atoms with E-state index in [0.29, 0.717) is 6.61 Å². The van der Waals surface area contributed by atoms with Crippen LogP contribution in [0, 0.1) is 0 Å². The third kappa shape index (κ3) is 5.60. The molecule has 1 N–H and O–H groups in total. The van der Waals surface area contributed by atoms with Gasteiger partial charge in [0.25, 0.3) is 0 Å². The number of benzene rings is 2. The Balaban J connectivity index is 0.00000272. The van der Waals surface area contributed by atoms with Gasteiger partial charge in [0, 0.05) is 20.6 Å². The molecule has 6 heteroatoms. The molecule has 0 amide bonds. The van der Waals surface area contributed by atoms with Crippen molar-refractivity contribution < 1.29 is 4.74 Å². The summed E-state index contributed by atoms with van der Waals surface area (Å²) in [7, 11) is 3.60. The Morgan fingerprint density at radius 1 is 0.968 bits per heavy atom. The lowest BCUT2D eigenvalue weighted by atomic mass is 9.97. The van der Waals surface area contributed by atoms with Crippen LogP contribution in [0.25, 0.3) is 11.0 Å². The lowest BCUT2D eigenvalue weighted by Gasteiger charge is -2.13. The van der Waals surface area contributed by atoms with E-state index < -0.39 is 0 Å². The molecule has 0 atom stereocenters. The van der Waals surface area contributed by atoms with Crippen molar-refractivity contribution in [2.75, 3.05) is 6.54 Å². The van der Waals surface area contributed by atoms with Crippen LogP contribution < -0.4 is 15.7 Å². The number of rotatable bonds is 8. The predicted octanol–water partition coefficient (Wildman–Crippen LogP) is 4.86. The van der Waals surface area contributed by atoms with Crippen molar-refractivity contribution in [3.8, 4) is 5.75 Å². The largest absolute Gasteiger partial charge is 0.489 e. The van der Waals surface area contributed by atoms with Gasteiger partial charge < -0.3 is 10.1 Å². The fourth-order valence-electron chi connectivity index (χ4n) is 4.13. The van der Waals surface area contributed by atoms with Crippen LogP contribution in [-0.2, 0) is 27.2 Å². The third-order valence-corrected chi connectivity index (χ3v) is 6.00. The van der Waals surface area contributed by atoms with E-state index in [1.165, 1.54) is 37.7 Å². The molecule has 5 nitrogen and oxygen atoms in total. The minimum absolute atomic E-state index is 0. The second-order valence-corrected chi connectivity index (χ2v) is 8.19. The molecule has 0 saturated carbocycles. The van der Waals surface area contributed by atoms with Gasteiger partial charge in [0.2, 0.25) is 0 Å². The van der Waals surface area contributed by atoms with Gasteiger partial charge in [-0.3, -0.25) is 9.13 Å². The molecule has 0 unspecified atom stereocenters. The maximum absolute atomic E-state index is 12.1. The number of fused-ring (bicyclic) bond motifs is 1. The zero-order valence-electron chi connectivity index (χ0n) is 18.4. The van der Waals surface area contributed by atoms with Crippen molar-refractivity contribution in [3.63, 3.8) is 0 Å². The molecule has 0 saturated heterocycles. The number of nitrogens with zero attached hydrogens (tertiary/aromatic N) is 2. The molecule has 4 rings (SSSR count). The summed E-state index contributed by atoms with van der Waals surface area (Å²) < 4.78 is 9.29. The van der Waals surface area contributed by atoms with E-state index >= 15 is 0 Å². The quantitative estimate of drug-likeness (QED) is 0.401. The Kier molecular flexibility index (Phi) is 7.99. The summed E-state index contributed by atoms with van der Waals surface area (Å²) >= 11 is 0. The molecule has 0 fully saturated rings. The first-order chi connectivity index (χ1) is 14.6. The van der Waals surface area contributed by atoms with Crippen LogP contribution in [0.4, 0.5) is 0 Å². The van der Waals surface area contributed by atoms with E-state index in [-0.39, 0.29) is 18.1 Å². The monoisotopic (exact) mass is 441 g/mol. The molecule has 31 heavy (non-hydrogen) atoms. The number of hydrogen-bond acceptors (Lipinski definition) is 3. The van der Waals surface area contributed by atoms with Gasteiger partial charge in [0.1, 0.15) is 12.4 Å². The number of halogens is 1. The van der Waals surface area contributed by atoms with Gasteiger partial charge in [-0.05, 0) is 74.0 Å². The van der Waals surface area contributed by atoms with Gasteiger partial charge in [-0.15, -0.1) is 12.4 Å². The maximum Gasteiger partial charge on any atom is 0.328 e. The molecular weight excluding hydrogens is 410 g/mol. The average molecular weight is 442 g/mol. The first-order valence-electron chi connectivity index (χ1n) is 10.9.